The van der Waals surface area contributed by atoms with Gasteiger partial charge < -0.3 is 10.2 Å². The number of hydrogen-bond donors (Lipinski definition) is 1. The van der Waals surface area contributed by atoms with E-state index in [1.165, 1.54) is 0 Å². The zero-order valence-electron chi connectivity index (χ0n) is 13.5. The quantitative estimate of drug-likeness (QED) is 0.780. The highest BCUT2D eigenvalue weighted by molar-refractivity contribution is 5.96. The normalized spacial score (nSPS) is 15.5. The van der Waals surface area contributed by atoms with Crippen molar-refractivity contribution in [2.45, 2.75) is 6.17 Å². The van der Waals surface area contributed by atoms with Crippen LogP contribution >= 0.6 is 0 Å². The van der Waals surface area contributed by atoms with Crippen LogP contribution < -0.4 is 10.2 Å². The molecule has 4 heteroatoms. The molecule has 0 fully saturated rings. The second-order valence-electron chi connectivity index (χ2n) is 5.79. The average Bonchev–Trinajstić information content (AvgIpc) is 2.69. The standard InChI is InChI=1S/C21H17N3O/c25-21(16-9-3-1-4-10-16)23-20-18-13-7-8-14-19(18)22-15-24(20)17-11-5-2-6-12-17/h1-15,20H,(H,23,25). The molecule has 0 spiro atoms. The van der Waals surface area contributed by atoms with E-state index in [0.717, 1.165) is 16.9 Å². The first-order valence-corrected chi connectivity index (χ1v) is 8.15. The average molecular weight is 327 g/mol. The predicted octanol–water partition coefficient (Wildman–Crippen LogP) is 4.30. The van der Waals surface area contributed by atoms with Gasteiger partial charge >= 0.3 is 0 Å². The van der Waals surface area contributed by atoms with Gasteiger partial charge in [0.05, 0.1) is 12.0 Å². The summed E-state index contributed by atoms with van der Waals surface area (Å²) in [5.74, 6) is -0.114. The molecule has 0 saturated heterocycles. The molecular formula is C21H17N3O. The predicted molar refractivity (Wildman–Crippen MR) is 100 cm³/mol. The number of nitrogens with one attached hydrogen (secondary N) is 1. The van der Waals surface area contributed by atoms with E-state index >= 15 is 0 Å². The molecule has 4 rings (SSSR count). The van der Waals surface area contributed by atoms with E-state index in [0.29, 0.717) is 5.56 Å². The van der Waals surface area contributed by atoms with Gasteiger partial charge in [-0.3, -0.25) is 4.79 Å². The number of aliphatic imine (C=N–C) groups is 1. The molecule has 1 N–H and O–H groups in total. The summed E-state index contributed by atoms with van der Waals surface area (Å²) in [6, 6.07) is 27.0. The largest absolute Gasteiger partial charge is 0.327 e. The lowest BCUT2D eigenvalue weighted by Gasteiger charge is -2.34. The topological polar surface area (TPSA) is 44.7 Å². The van der Waals surface area contributed by atoms with Crippen LogP contribution in [0, 0.1) is 0 Å². The van der Waals surface area contributed by atoms with Gasteiger partial charge in [0.2, 0.25) is 0 Å². The van der Waals surface area contributed by atoms with Crippen molar-refractivity contribution in [1.82, 2.24) is 5.32 Å². The molecule has 0 radical (unpaired) electrons. The Labute approximate surface area is 146 Å². The van der Waals surface area contributed by atoms with E-state index in [-0.39, 0.29) is 12.1 Å². The van der Waals surface area contributed by atoms with Crippen LogP contribution in [0.3, 0.4) is 0 Å². The third-order valence-corrected chi connectivity index (χ3v) is 4.19. The van der Waals surface area contributed by atoms with Crippen LogP contribution in [0.4, 0.5) is 11.4 Å². The molecule has 1 unspecified atom stereocenters. The summed E-state index contributed by atoms with van der Waals surface area (Å²) in [5.41, 5.74) is 3.45. The van der Waals surface area contributed by atoms with E-state index in [9.17, 15) is 4.79 Å². The maximum Gasteiger partial charge on any atom is 0.253 e. The molecule has 122 valence electrons. The Morgan fingerprint density at radius 1 is 0.840 bits per heavy atom. The third-order valence-electron chi connectivity index (χ3n) is 4.19. The Hall–Kier alpha value is -3.40. The number of amides is 1. The summed E-state index contributed by atoms with van der Waals surface area (Å²) < 4.78 is 0. The van der Waals surface area contributed by atoms with Crippen molar-refractivity contribution in [3.63, 3.8) is 0 Å². The summed E-state index contributed by atoms with van der Waals surface area (Å²) >= 11 is 0. The van der Waals surface area contributed by atoms with Crippen molar-refractivity contribution in [3.05, 3.63) is 96.1 Å². The van der Waals surface area contributed by atoms with Crippen molar-refractivity contribution in [3.8, 4) is 0 Å². The minimum atomic E-state index is -0.316. The van der Waals surface area contributed by atoms with Crippen molar-refractivity contribution in [2.24, 2.45) is 4.99 Å². The molecule has 1 aliphatic heterocycles. The van der Waals surface area contributed by atoms with Gasteiger partial charge in [-0.25, -0.2) is 4.99 Å². The zero-order chi connectivity index (χ0) is 17.1. The van der Waals surface area contributed by atoms with Crippen molar-refractivity contribution in [1.29, 1.82) is 0 Å². The smallest absolute Gasteiger partial charge is 0.253 e. The van der Waals surface area contributed by atoms with Gasteiger partial charge in [-0.15, -0.1) is 0 Å². The molecule has 1 heterocycles. The Morgan fingerprint density at radius 3 is 2.24 bits per heavy atom. The van der Waals surface area contributed by atoms with E-state index < -0.39 is 0 Å². The van der Waals surface area contributed by atoms with E-state index in [4.69, 9.17) is 0 Å². The van der Waals surface area contributed by atoms with Crippen LogP contribution in [0.5, 0.6) is 0 Å². The Kier molecular flexibility index (Phi) is 4.01. The highest BCUT2D eigenvalue weighted by atomic mass is 16.1. The van der Waals surface area contributed by atoms with Crippen LogP contribution in [0.1, 0.15) is 22.1 Å². The SMILES string of the molecule is O=C(NC1c2ccccc2N=CN1c1ccccc1)c1ccccc1. The summed E-state index contributed by atoms with van der Waals surface area (Å²) in [4.78, 5) is 19.2. The highest BCUT2D eigenvalue weighted by Crippen LogP contribution is 2.34. The summed E-state index contributed by atoms with van der Waals surface area (Å²) in [6.07, 6.45) is 1.46. The summed E-state index contributed by atoms with van der Waals surface area (Å²) in [6.45, 7) is 0. The summed E-state index contributed by atoms with van der Waals surface area (Å²) in [7, 11) is 0. The Balaban J connectivity index is 1.72. The van der Waals surface area contributed by atoms with Crippen LogP contribution in [0.15, 0.2) is 89.9 Å². The summed E-state index contributed by atoms with van der Waals surface area (Å²) in [5, 5.41) is 3.14. The van der Waals surface area contributed by atoms with Gasteiger partial charge in [0, 0.05) is 16.8 Å². The van der Waals surface area contributed by atoms with Crippen LogP contribution in [-0.4, -0.2) is 12.2 Å². The Bertz CT molecular complexity index is 907. The lowest BCUT2D eigenvalue weighted by molar-refractivity contribution is 0.0938. The molecule has 3 aromatic carbocycles. The number of anilines is 1. The highest BCUT2D eigenvalue weighted by Gasteiger charge is 2.27. The first kappa shape index (κ1) is 15.1. The van der Waals surface area contributed by atoms with E-state index in [2.05, 4.69) is 10.3 Å². The number of hydrogen-bond acceptors (Lipinski definition) is 3. The third kappa shape index (κ3) is 3.02. The molecule has 0 aliphatic carbocycles. The fourth-order valence-corrected chi connectivity index (χ4v) is 2.94. The van der Waals surface area contributed by atoms with E-state index in [1.807, 2.05) is 89.8 Å². The van der Waals surface area contributed by atoms with Crippen LogP contribution in [0.2, 0.25) is 0 Å². The number of carbonyl (C=O) groups excluding carboxylic acids is 1. The molecule has 0 aromatic heterocycles. The molecule has 0 saturated carbocycles. The van der Waals surface area contributed by atoms with Crippen LogP contribution in [0.25, 0.3) is 0 Å². The fourth-order valence-electron chi connectivity index (χ4n) is 2.94. The number of benzene rings is 3. The molecular weight excluding hydrogens is 310 g/mol. The molecule has 4 nitrogen and oxygen atoms in total. The molecule has 25 heavy (non-hydrogen) atoms. The monoisotopic (exact) mass is 327 g/mol. The number of fused-ring (bicyclic) bond motifs is 1. The minimum absolute atomic E-state index is 0.114. The molecule has 1 amide bonds. The maximum atomic E-state index is 12.7. The zero-order valence-corrected chi connectivity index (χ0v) is 13.5. The number of carbonyl (C=O) groups is 1. The second-order valence-corrected chi connectivity index (χ2v) is 5.79. The molecule has 0 bridgehead atoms. The Morgan fingerprint density at radius 2 is 1.48 bits per heavy atom. The van der Waals surface area contributed by atoms with Gasteiger partial charge in [0.25, 0.3) is 5.91 Å². The van der Waals surface area contributed by atoms with Gasteiger partial charge in [0.15, 0.2) is 0 Å². The van der Waals surface area contributed by atoms with E-state index in [1.54, 1.807) is 6.34 Å². The molecule has 1 atom stereocenters. The lowest BCUT2D eigenvalue weighted by Crippen LogP contribution is -2.42. The van der Waals surface area contributed by atoms with Crippen molar-refractivity contribution >= 4 is 23.6 Å². The van der Waals surface area contributed by atoms with Gasteiger partial charge in [0.1, 0.15) is 6.17 Å². The molecule has 3 aromatic rings. The fraction of sp³-hybridized carbons (Fsp3) is 0.0476. The number of nitrogens with zero attached hydrogens (tertiary/aromatic N) is 2. The van der Waals surface area contributed by atoms with Crippen LogP contribution in [-0.2, 0) is 0 Å². The first-order valence-electron chi connectivity index (χ1n) is 8.15. The van der Waals surface area contributed by atoms with Crippen molar-refractivity contribution < 1.29 is 4.79 Å². The number of rotatable bonds is 3. The second kappa shape index (κ2) is 6.61. The van der Waals surface area contributed by atoms with Gasteiger partial charge in [-0.05, 0) is 30.3 Å². The van der Waals surface area contributed by atoms with Crippen molar-refractivity contribution in [2.75, 3.05) is 4.90 Å². The minimum Gasteiger partial charge on any atom is -0.327 e. The lowest BCUT2D eigenvalue weighted by atomic mass is 10.1. The van der Waals surface area contributed by atoms with Gasteiger partial charge in [-0.2, -0.15) is 0 Å². The number of para-hydroxylation sites is 2. The molecule has 1 aliphatic rings. The maximum absolute atomic E-state index is 12.7. The first-order chi connectivity index (χ1) is 12.3. The van der Waals surface area contributed by atoms with Gasteiger partial charge in [-0.1, -0.05) is 54.6 Å².